The Morgan fingerprint density at radius 3 is 2.90 bits per heavy atom. The first-order chi connectivity index (χ1) is 10.0. The summed E-state index contributed by atoms with van der Waals surface area (Å²) in [6.45, 7) is 3.66. The summed E-state index contributed by atoms with van der Waals surface area (Å²) in [4.78, 5) is 8.21. The molecule has 0 bridgehead atoms. The molecule has 0 amide bonds. The number of benzene rings is 1. The second-order valence-electron chi connectivity index (χ2n) is 4.85. The maximum absolute atomic E-state index is 13.7. The maximum atomic E-state index is 13.7. The average molecular weight is 306 g/mol. The SMILES string of the molecule is Cc1ccc(C(C)Nc2nc(Cl)nc3[nH]ncc23)cc1F. The van der Waals surface area contributed by atoms with Crippen LogP contribution in [-0.2, 0) is 0 Å². The Morgan fingerprint density at radius 1 is 1.33 bits per heavy atom. The smallest absolute Gasteiger partial charge is 0.226 e. The summed E-state index contributed by atoms with van der Waals surface area (Å²) >= 11 is 5.89. The summed E-state index contributed by atoms with van der Waals surface area (Å²) in [5.74, 6) is 0.336. The van der Waals surface area contributed by atoms with Gasteiger partial charge in [0.05, 0.1) is 17.6 Å². The van der Waals surface area contributed by atoms with Gasteiger partial charge < -0.3 is 5.32 Å². The Hall–Kier alpha value is -2.21. The standard InChI is InChI=1S/C14H13ClFN5/c1-7-3-4-9(5-11(7)16)8(2)18-12-10-6-17-21-13(10)20-14(15)19-12/h3-6,8H,1-2H3,(H2,17,18,19,20,21). The van der Waals surface area contributed by atoms with Crippen LogP contribution >= 0.6 is 11.6 Å². The molecule has 0 saturated heterocycles. The van der Waals surface area contributed by atoms with Crippen molar-refractivity contribution >= 4 is 28.5 Å². The topological polar surface area (TPSA) is 66.5 Å². The molecule has 1 aromatic carbocycles. The third-order valence-corrected chi connectivity index (χ3v) is 3.50. The van der Waals surface area contributed by atoms with Gasteiger partial charge >= 0.3 is 0 Å². The Kier molecular flexibility index (Phi) is 3.47. The second kappa shape index (κ2) is 5.29. The van der Waals surface area contributed by atoms with E-state index < -0.39 is 0 Å². The van der Waals surface area contributed by atoms with E-state index in [0.29, 0.717) is 17.0 Å². The number of aromatic amines is 1. The average Bonchev–Trinajstić information content (AvgIpc) is 2.90. The van der Waals surface area contributed by atoms with E-state index in [4.69, 9.17) is 11.6 Å². The van der Waals surface area contributed by atoms with E-state index >= 15 is 0 Å². The first-order valence-electron chi connectivity index (χ1n) is 6.44. The van der Waals surface area contributed by atoms with Crippen molar-refractivity contribution in [2.45, 2.75) is 19.9 Å². The largest absolute Gasteiger partial charge is 0.363 e. The molecule has 2 heterocycles. The third-order valence-electron chi connectivity index (χ3n) is 3.33. The minimum Gasteiger partial charge on any atom is -0.363 e. The van der Waals surface area contributed by atoms with Crippen LogP contribution in [0.4, 0.5) is 10.2 Å². The molecule has 0 fully saturated rings. The molecule has 2 N–H and O–H groups in total. The minimum atomic E-state index is -0.227. The Balaban J connectivity index is 1.94. The molecule has 0 radical (unpaired) electrons. The molecular formula is C14H13ClFN5. The van der Waals surface area contributed by atoms with E-state index in [1.807, 2.05) is 13.0 Å². The Bertz CT molecular complexity index is 801. The van der Waals surface area contributed by atoms with Crippen molar-refractivity contribution in [3.63, 3.8) is 0 Å². The van der Waals surface area contributed by atoms with Crippen LogP contribution < -0.4 is 5.32 Å². The van der Waals surface area contributed by atoms with Gasteiger partial charge in [0.1, 0.15) is 11.6 Å². The predicted molar refractivity (Wildman–Crippen MR) is 79.9 cm³/mol. The van der Waals surface area contributed by atoms with Gasteiger partial charge in [-0.1, -0.05) is 12.1 Å². The van der Waals surface area contributed by atoms with Gasteiger partial charge in [-0.2, -0.15) is 15.1 Å². The zero-order valence-electron chi connectivity index (χ0n) is 11.5. The zero-order chi connectivity index (χ0) is 15.0. The van der Waals surface area contributed by atoms with Crippen LogP contribution in [0.2, 0.25) is 5.28 Å². The van der Waals surface area contributed by atoms with Crippen molar-refractivity contribution in [3.05, 3.63) is 46.6 Å². The number of anilines is 1. The van der Waals surface area contributed by atoms with E-state index in [2.05, 4.69) is 25.5 Å². The molecule has 7 heteroatoms. The zero-order valence-corrected chi connectivity index (χ0v) is 12.2. The first-order valence-corrected chi connectivity index (χ1v) is 6.81. The highest BCUT2D eigenvalue weighted by Crippen LogP contribution is 2.25. The van der Waals surface area contributed by atoms with Crippen LogP contribution in [-0.4, -0.2) is 20.2 Å². The van der Waals surface area contributed by atoms with Gasteiger partial charge in [0, 0.05) is 0 Å². The number of rotatable bonds is 3. The quantitative estimate of drug-likeness (QED) is 0.725. The molecule has 5 nitrogen and oxygen atoms in total. The first kappa shape index (κ1) is 13.8. The van der Waals surface area contributed by atoms with Gasteiger partial charge in [-0.15, -0.1) is 0 Å². The number of hydrogen-bond acceptors (Lipinski definition) is 4. The summed E-state index contributed by atoms with van der Waals surface area (Å²) < 4.78 is 13.7. The fraction of sp³-hybridized carbons (Fsp3) is 0.214. The monoisotopic (exact) mass is 305 g/mol. The number of hydrogen-bond donors (Lipinski definition) is 2. The molecule has 0 saturated carbocycles. The summed E-state index contributed by atoms with van der Waals surface area (Å²) in [6, 6.07) is 5.01. The van der Waals surface area contributed by atoms with Crippen LogP contribution in [0.1, 0.15) is 24.1 Å². The molecule has 0 aliphatic heterocycles. The second-order valence-corrected chi connectivity index (χ2v) is 5.19. The lowest BCUT2D eigenvalue weighted by Crippen LogP contribution is -2.09. The number of halogens is 2. The van der Waals surface area contributed by atoms with Crippen molar-refractivity contribution in [2.24, 2.45) is 0 Å². The van der Waals surface area contributed by atoms with Crippen molar-refractivity contribution in [1.29, 1.82) is 0 Å². The molecule has 0 spiro atoms. The number of H-pyrrole nitrogens is 1. The summed E-state index contributed by atoms with van der Waals surface area (Å²) in [7, 11) is 0. The molecule has 2 aromatic heterocycles. The molecule has 21 heavy (non-hydrogen) atoms. The molecule has 1 unspecified atom stereocenters. The highest BCUT2D eigenvalue weighted by atomic mass is 35.5. The summed E-state index contributed by atoms with van der Waals surface area (Å²) in [5.41, 5.74) is 2.00. The van der Waals surface area contributed by atoms with Gasteiger partial charge in [0.2, 0.25) is 5.28 Å². The van der Waals surface area contributed by atoms with E-state index in [9.17, 15) is 4.39 Å². The molecule has 0 aliphatic rings. The van der Waals surface area contributed by atoms with Crippen LogP contribution in [0.25, 0.3) is 11.0 Å². The highest BCUT2D eigenvalue weighted by molar-refractivity contribution is 6.28. The molecule has 3 rings (SSSR count). The number of aromatic nitrogens is 4. The van der Waals surface area contributed by atoms with Gasteiger partial charge in [-0.05, 0) is 42.6 Å². The van der Waals surface area contributed by atoms with Crippen LogP contribution in [0.15, 0.2) is 24.4 Å². The lowest BCUT2D eigenvalue weighted by Gasteiger charge is -2.16. The van der Waals surface area contributed by atoms with Gasteiger partial charge in [-0.25, -0.2) is 4.39 Å². The fourth-order valence-electron chi connectivity index (χ4n) is 2.08. The van der Waals surface area contributed by atoms with E-state index in [0.717, 1.165) is 10.9 Å². The third kappa shape index (κ3) is 2.67. The van der Waals surface area contributed by atoms with E-state index in [-0.39, 0.29) is 17.1 Å². The number of fused-ring (bicyclic) bond motifs is 1. The molecular weight excluding hydrogens is 293 g/mol. The molecule has 1 atom stereocenters. The minimum absolute atomic E-state index is 0.122. The lowest BCUT2D eigenvalue weighted by molar-refractivity contribution is 0.614. The molecule has 108 valence electrons. The fourth-order valence-corrected chi connectivity index (χ4v) is 2.25. The van der Waals surface area contributed by atoms with Gasteiger partial charge in [-0.3, -0.25) is 5.10 Å². The highest BCUT2D eigenvalue weighted by Gasteiger charge is 2.13. The summed E-state index contributed by atoms with van der Waals surface area (Å²) in [6.07, 6.45) is 1.62. The normalized spacial score (nSPS) is 12.6. The number of aryl methyl sites for hydroxylation is 1. The van der Waals surface area contributed by atoms with Crippen molar-refractivity contribution in [2.75, 3.05) is 5.32 Å². The number of nitrogens with one attached hydrogen (secondary N) is 2. The van der Waals surface area contributed by atoms with E-state index in [1.54, 1.807) is 19.2 Å². The van der Waals surface area contributed by atoms with Crippen LogP contribution in [0.3, 0.4) is 0 Å². The van der Waals surface area contributed by atoms with Gasteiger partial charge in [0.15, 0.2) is 5.65 Å². The van der Waals surface area contributed by atoms with Crippen LogP contribution in [0, 0.1) is 12.7 Å². The molecule has 0 aliphatic carbocycles. The predicted octanol–water partition coefficient (Wildman–Crippen LogP) is 3.63. The van der Waals surface area contributed by atoms with Gasteiger partial charge in [0.25, 0.3) is 0 Å². The van der Waals surface area contributed by atoms with Crippen molar-refractivity contribution in [3.8, 4) is 0 Å². The number of nitrogens with zero attached hydrogens (tertiary/aromatic N) is 3. The Labute approximate surface area is 125 Å². The summed E-state index contributed by atoms with van der Waals surface area (Å²) in [5, 5.41) is 10.7. The molecule has 3 aromatic rings. The van der Waals surface area contributed by atoms with Crippen molar-refractivity contribution in [1.82, 2.24) is 20.2 Å². The maximum Gasteiger partial charge on any atom is 0.226 e. The lowest BCUT2D eigenvalue weighted by atomic mass is 10.1. The van der Waals surface area contributed by atoms with E-state index in [1.165, 1.54) is 6.07 Å². The van der Waals surface area contributed by atoms with Crippen molar-refractivity contribution < 1.29 is 4.39 Å². The Morgan fingerprint density at radius 2 is 2.14 bits per heavy atom. The van der Waals surface area contributed by atoms with Crippen LogP contribution in [0.5, 0.6) is 0 Å².